The zero-order valence-corrected chi connectivity index (χ0v) is 13.3. The quantitative estimate of drug-likeness (QED) is 0.375. The molecule has 0 aliphatic heterocycles. The van der Waals surface area contributed by atoms with Gasteiger partial charge in [-0.25, -0.2) is 0 Å². The zero-order chi connectivity index (χ0) is 15.9. The maximum atomic E-state index is 6.70. The van der Waals surface area contributed by atoms with Crippen molar-refractivity contribution in [2.24, 2.45) is 5.10 Å². The first-order valence-electron chi connectivity index (χ1n) is 7.47. The SMILES string of the molecule is Cl[C@H](/C(=N\Nc1ccccc1)c1ccccc1)c1ccccc1. The highest BCUT2D eigenvalue weighted by Crippen LogP contribution is 2.26. The molecule has 0 aliphatic rings. The molecule has 114 valence electrons. The van der Waals surface area contributed by atoms with Crippen molar-refractivity contribution in [2.45, 2.75) is 5.38 Å². The van der Waals surface area contributed by atoms with Gasteiger partial charge in [-0.15, -0.1) is 11.6 Å². The molecule has 0 aromatic heterocycles. The number of anilines is 1. The van der Waals surface area contributed by atoms with E-state index in [0.717, 1.165) is 22.5 Å². The Kier molecular flexibility index (Phi) is 5.07. The number of alkyl halides is 1. The summed E-state index contributed by atoms with van der Waals surface area (Å²) >= 11 is 6.70. The van der Waals surface area contributed by atoms with Crippen molar-refractivity contribution < 1.29 is 0 Å². The molecule has 0 heterocycles. The van der Waals surface area contributed by atoms with Crippen LogP contribution in [0.4, 0.5) is 5.69 Å². The predicted molar refractivity (Wildman–Crippen MR) is 98.1 cm³/mol. The summed E-state index contributed by atoms with van der Waals surface area (Å²) in [6.45, 7) is 0. The Hall–Kier alpha value is -2.58. The highest BCUT2D eigenvalue weighted by molar-refractivity contribution is 6.35. The molecule has 0 bridgehead atoms. The fraction of sp³-hybridized carbons (Fsp3) is 0.0500. The van der Waals surface area contributed by atoms with Crippen molar-refractivity contribution in [3.05, 3.63) is 102 Å². The van der Waals surface area contributed by atoms with Gasteiger partial charge in [-0.2, -0.15) is 5.10 Å². The number of hydrogen-bond acceptors (Lipinski definition) is 2. The third-order valence-electron chi connectivity index (χ3n) is 3.48. The molecule has 23 heavy (non-hydrogen) atoms. The minimum Gasteiger partial charge on any atom is -0.278 e. The minimum atomic E-state index is -0.324. The van der Waals surface area contributed by atoms with Crippen LogP contribution in [-0.4, -0.2) is 5.71 Å². The summed E-state index contributed by atoms with van der Waals surface area (Å²) in [6, 6.07) is 29.8. The number of hydrazone groups is 1. The molecule has 0 unspecified atom stereocenters. The molecule has 1 N–H and O–H groups in total. The molecule has 1 atom stereocenters. The average molecular weight is 321 g/mol. The molecule has 3 aromatic carbocycles. The van der Waals surface area contributed by atoms with Gasteiger partial charge >= 0.3 is 0 Å². The maximum Gasteiger partial charge on any atom is 0.103 e. The first-order valence-corrected chi connectivity index (χ1v) is 7.91. The van der Waals surface area contributed by atoms with Crippen molar-refractivity contribution in [2.75, 3.05) is 5.43 Å². The van der Waals surface area contributed by atoms with E-state index in [2.05, 4.69) is 10.5 Å². The fourth-order valence-electron chi connectivity index (χ4n) is 2.29. The van der Waals surface area contributed by atoms with E-state index in [9.17, 15) is 0 Å². The van der Waals surface area contributed by atoms with Crippen LogP contribution in [0.3, 0.4) is 0 Å². The number of nitrogens with zero attached hydrogens (tertiary/aromatic N) is 1. The Bertz CT molecular complexity index is 755. The third-order valence-corrected chi connectivity index (χ3v) is 3.94. The maximum absolute atomic E-state index is 6.70. The van der Waals surface area contributed by atoms with Crippen LogP contribution < -0.4 is 5.43 Å². The molecule has 0 spiro atoms. The van der Waals surface area contributed by atoms with Gasteiger partial charge in [-0.3, -0.25) is 5.43 Å². The molecular weight excluding hydrogens is 304 g/mol. The Morgan fingerprint density at radius 3 is 1.87 bits per heavy atom. The number of hydrogen-bond donors (Lipinski definition) is 1. The first-order chi connectivity index (χ1) is 11.3. The lowest BCUT2D eigenvalue weighted by Crippen LogP contribution is -2.11. The lowest BCUT2D eigenvalue weighted by Gasteiger charge is -2.14. The molecule has 0 saturated carbocycles. The smallest absolute Gasteiger partial charge is 0.103 e. The van der Waals surface area contributed by atoms with Gasteiger partial charge in [0.2, 0.25) is 0 Å². The summed E-state index contributed by atoms with van der Waals surface area (Å²) in [5, 5.41) is 4.25. The molecule has 0 saturated heterocycles. The summed E-state index contributed by atoms with van der Waals surface area (Å²) < 4.78 is 0. The molecule has 2 nitrogen and oxygen atoms in total. The summed E-state index contributed by atoms with van der Waals surface area (Å²) in [7, 11) is 0. The molecule has 3 aromatic rings. The largest absolute Gasteiger partial charge is 0.278 e. The van der Waals surface area contributed by atoms with Gasteiger partial charge in [0.25, 0.3) is 0 Å². The van der Waals surface area contributed by atoms with Crippen LogP contribution >= 0.6 is 11.6 Å². The number of halogens is 1. The highest BCUT2D eigenvalue weighted by atomic mass is 35.5. The molecule has 3 rings (SSSR count). The number of benzene rings is 3. The van der Waals surface area contributed by atoms with Crippen molar-refractivity contribution in [1.82, 2.24) is 0 Å². The molecule has 0 fully saturated rings. The standard InChI is InChI=1S/C20H17ClN2/c21-19(16-10-4-1-5-11-16)20(17-12-6-2-7-13-17)23-22-18-14-8-3-9-15-18/h1-15,19,22H/b23-20-/t19-/m0/s1. The predicted octanol–water partition coefficient (Wildman–Crippen LogP) is 5.48. The Balaban J connectivity index is 1.94. The van der Waals surface area contributed by atoms with Gasteiger partial charge in [0.15, 0.2) is 0 Å². The van der Waals surface area contributed by atoms with E-state index >= 15 is 0 Å². The highest BCUT2D eigenvalue weighted by Gasteiger charge is 2.17. The molecule has 0 aliphatic carbocycles. The van der Waals surface area contributed by atoms with E-state index in [1.54, 1.807) is 0 Å². The summed E-state index contributed by atoms with van der Waals surface area (Å²) in [4.78, 5) is 0. The van der Waals surface area contributed by atoms with E-state index in [-0.39, 0.29) is 5.38 Å². The lowest BCUT2D eigenvalue weighted by atomic mass is 10.0. The topological polar surface area (TPSA) is 24.4 Å². The average Bonchev–Trinajstić information content (AvgIpc) is 2.64. The number of rotatable bonds is 5. The Labute approximate surface area is 141 Å². The van der Waals surface area contributed by atoms with Gasteiger partial charge in [-0.05, 0) is 23.3 Å². The van der Waals surface area contributed by atoms with Crippen molar-refractivity contribution in [3.8, 4) is 0 Å². The normalized spacial score (nSPS) is 12.7. The van der Waals surface area contributed by atoms with Crippen LogP contribution in [0.25, 0.3) is 0 Å². The summed E-state index contributed by atoms with van der Waals surface area (Å²) in [6.07, 6.45) is 0. The van der Waals surface area contributed by atoms with E-state index in [4.69, 9.17) is 11.6 Å². The van der Waals surface area contributed by atoms with Gasteiger partial charge in [0, 0.05) is 0 Å². The van der Waals surface area contributed by atoms with Crippen LogP contribution in [0.1, 0.15) is 16.5 Å². The van der Waals surface area contributed by atoms with E-state index in [1.807, 2.05) is 91.0 Å². The number of nitrogens with one attached hydrogen (secondary N) is 1. The zero-order valence-electron chi connectivity index (χ0n) is 12.6. The van der Waals surface area contributed by atoms with Crippen LogP contribution in [-0.2, 0) is 0 Å². The van der Waals surface area contributed by atoms with Gasteiger partial charge in [-0.1, -0.05) is 78.9 Å². The van der Waals surface area contributed by atoms with E-state index < -0.39 is 0 Å². The van der Waals surface area contributed by atoms with Gasteiger partial charge in [0.1, 0.15) is 5.38 Å². The molecule has 3 heteroatoms. The Morgan fingerprint density at radius 1 is 0.739 bits per heavy atom. The summed E-state index contributed by atoms with van der Waals surface area (Å²) in [5.74, 6) is 0. The monoisotopic (exact) mass is 320 g/mol. The van der Waals surface area contributed by atoms with Gasteiger partial charge in [0.05, 0.1) is 11.4 Å². The second-order valence-electron chi connectivity index (χ2n) is 5.11. The van der Waals surface area contributed by atoms with Crippen LogP contribution in [0.2, 0.25) is 0 Å². The second kappa shape index (κ2) is 7.61. The van der Waals surface area contributed by atoms with Crippen LogP contribution in [0.5, 0.6) is 0 Å². The first kappa shape index (κ1) is 15.3. The number of para-hydroxylation sites is 1. The fourth-order valence-corrected chi connectivity index (χ4v) is 2.61. The Morgan fingerprint density at radius 2 is 1.26 bits per heavy atom. The van der Waals surface area contributed by atoms with Crippen LogP contribution in [0.15, 0.2) is 96.1 Å². The molecular formula is C20H17ClN2. The van der Waals surface area contributed by atoms with Crippen molar-refractivity contribution in [3.63, 3.8) is 0 Å². The molecule has 0 amide bonds. The minimum absolute atomic E-state index is 0.324. The summed E-state index contributed by atoms with van der Waals surface area (Å²) in [5.41, 5.74) is 6.84. The van der Waals surface area contributed by atoms with Crippen molar-refractivity contribution in [1.29, 1.82) is 0 Å². The van der Waals surface area contributed by atoms with Gasteiger partial charge < -0.3 is 0 Å². The second-order valence-corrected chi connectivity index (χ2v) is 5.55. The van der Waals surface area contributed by atoms with Crippen LogP contribution in [0, 0.1) is 0 Å². The lowest BCUT2D eigenvalue weighted by molar-refractivity contribution is 1.21. The molecule has 0 radical (unpaired) electrons. The van der Waals surface area contributed by atoms with E-state index in [1.165, 1.54) is 0 Å². The third kappa shape index (κ3) is 3.99. The van der Waals surface area contributed by atoms with E-state index in [0.29, 0.717) is 0 Å². The van der Waals surface area contributed by atoms with Crippen molar-refractivity contribution >= 4 is 23.0 Å².